The Bertz CT molecular complexity index is 498. The summed E-state index contributed by atoms with van der Waals surface area (Å²) in [6, 6.07) is 7.11. The van der Waals surface area contributed by atoms with Crippen molar-refractivity contribution in [2.75, 3.05) is 0 Å². The van der Waals surface area contributed by atoms with Crippen molar-refractivity contribution in [2.45, 2.75) is 90.4 Å². The monoisotopic (exact) mass is 370 g/mol. The fourth-order valence-electron chi connectivity index (χ4n) is 3.08. The zero-order valence-corrected chi connectivity index (χ0v) is 16.6. The molecule has 4 nitrogen and oxygen atoms in total. The average molecular weight is 370 g/mol. The summed E-state index contributed by atoms with van der Waals surface area (Å²) in [5, 5.41) is 0. The lowest BCUT2D eigenvalue weighted by atomic mass is 10.0. The molecule has 0 aromatic heterocycles. The van der Waals surface area contributed by atoms with Crippen LogP contribution in [0.2, 0.25) is 0 Å². The molecule has 0 aliphatic carbocycles. The first-order chi connectivity index (χ1) is 12.0. The Labute approximate surface area is 153 Å². The Morgan fingerprint density at radius 2 is 1.28 bits per heavy atom. The van der Waals surface area contributed by atoms with Crippen LogP contribution in [0.15, 0.2) is 24.3 Å². The van der Waals surface area contributed by atoms with Gasteiger partial charge in [-0.3, -0.25) is 9.79 Å². The molecule has 0 unspecified atom stereocenters. The van der Waals surface area contributed by atoms with Gasteiger partial charge in [-0.15, -0.1) is 0 Å². The lowest BCUT2D eigenvalue weighted by Gasteiger charge is -2.11. The van der Waals surface area contributed by atoms with Gasteiger partial charge in [0.1, 0.15) is 5.75 Å². The van der Waals surface area contributed by atoms with Gasteiger partial charge in [0.15, 0.2) is 0 Å². The van der Waals surface area contributed by atoms with E-state index in [4.69, 9.17) is 14.3 Å². The molecule has 1 aromatic carbocycles. The topological polar surface area (TPSA) is 66.8 Å². The van der Waals surface area contributed by atoms with Gasteiger partial charge in [0.05, 0.1) is 0 Å². The molecule has 1 aromatic rings. The molecule has 0 atom stereocenters. The molecule has 5 heteroatoms. The van der Waals surface area contributed by atoms with E-state index >= 15 is 0 Å². The van der Waals surface area contributed by atoms with Crippen molar-refractivity contribution in [3.05, 3.63) is 29.8 Å². The maximum Gasteiger partial charge on any atom is 0.524 e. The third kappa shape index (κ3) is 12.2. The van der Waals surface area contributed by atoms with E-state index in [0.29, 0.717) is 5.75 Å². The Hall–Kier alpha value is -0.830. The van der Waals surface area contributed by atoms with E-state index in [1.54, 1.807) is 12.1 Å². The summed E-state index contributed by atoms with van der Waals surface area (Å²) in [6.45, 7) is 2.25. The van der Waals surface area contributed by atoms with Crippen LogP contribution in [0.3, 0.4) is 0 Å². The molecule has 0 bridgehead atoms. The predicted molar refractivity (Wildman–Crippen MR) is 104 cm³/mol. The number of benzene rings is 1. The molecule has 0 radical (unpaired) electrons. The first-order valence-corrected chi connectivity index (χ1v) is 11.4. The van der Waals surface area contributed by atoms with Gasteiger partial charge in [0.2, 0.25) is 0 Å². The minimum atomic E-state index is -4.48. The molecule has 0 amide bonds. The van der Waals surface area contributed by atoms with E-state index in [1.165, 1.54) is 64.2 Å². The molecule has 1 rings (SSSR count). The molecule has 0 saturated carbocycles. The van der Waals surface area contributed by atoms with Crippen LogP contribution in [0, 0.1) is 0 Å². The van der Waals surface area contributed by atoms with Crippen LogP contribution in [0.4, 0.5) is 0 Å². The summed E-state index contributed by atoms with van der Waals surface area (Å²) in [5.74, 6) is 0.305. The Morgan fingerprint density at radius 1 is 0.800 bits per heavy atom. The van der Waals surface area contributed by atoms with Crippen LogP contribution >= 0.6 is 7.82 Å². The van der Waals surface area contributed by atoms with E-state index < -0.39 is 7.82 Å². The third-order valence-corrected chi connectivity index (χ3v) is 4.92. The highest BCUT2D eigenvalue weighted by Gasteiger charge is 2.17. The van der Waals surface area contributed by atoms with E-state index in [-0.39, 0.29) is 0 Å². The Kier molecular flexibility index (Phi) is 11.9. The number of phosphoric acid groups is 1. The van der Waals surface area contributed by atoms with E-state index in [2.05, 4.69) is 6.92 Å². The zero-order valence-electron chi connectivity index (χ0n) is 15.7. The number of hydrogen-bond acceptors (Lipinski definition) is 2. The van der Waals surface area contributed by atoms with Gasteiger partial charge < -0.3 is 4.52 Å². The molecule has 0 heterocycles. The van der Waals surface area contributed by atoms with Crippen LogP contribution in [0.1, 0.15) is 89.5 Å². The third-order valence-electron chi connectivity index (χ3n) is 4.49. The predicted octanol–water partition coefficient (Wildman–Crippen LogP) is 6.40. The van der Waals surface area contributed by atoms with Crippen LogP contribution in [-0.4, -0.2) is 9.79 Å². The first-order valence-electron chi connectivity index (χ1n) is 9.86. The van der Waals surface area contributed by atoms with E-state index in [1.807, 2.05) is 12.1 Å². The fraction of sp³-hybridized carbons (Fsp3) is 0.700. The SMILES string of the molecule is CCCCCCCCCCCCCCc1ccccc1OP(=O)(O)O. The standard InChI is InChI=1S/C20H35O4P/c1-2-3-4-5-6-7-8-9-10-11-12-13-16-19-17-14-15-18-20(19)24-25(21,22)23/h14-15,17-18H,2-13,16H2,1H3,(H2,21,22,23). The van der Waals surface area contributed by atoms with Crippen LogP contribution < -0.4 is 4.52 Å². The van der Waals surface area contributed by atoms with Gasteiger partial charge in [0, 0.05) is 0 Å². The minimum absolute atomic E-state index is 0.305. The number of hydrogen-bond donors (Lipinski definition) is 2. The van der Waals surface area contributed by atoms with Crippen molar-refractivity contribution >= 4 is 7.82 Å². The average Bonchev–Trinajstić information content (AvgIpc) is 2.56. The van der Waals surface area contributed by atoms with Gasteiger partial charge >= 0.3 is 7.82 Å². The van der Waals surface area contributed by atoms with Crippen molar-refractivity contribution in [3.8, 4) is 5.75 Å². The second-order valence-corrected chi connectivity index (χ2v) is 7.99. The van der Waals surface area contributed by atoms with Gasteiger partial charge in [-0.05, 0) is 24.5 Å². The maximum atomic E-state index is 11.0. The highest BCUT2D eigenvalue weighted by molar-refractivity contribution is 7.46. The normalized spacial score (nSPS) is 11.6. The van der Waals surface area contributed by atoms with Crippen LogP contribution in [-0.2, 0) is 11.0 Å². The maximum absolute atomic E-state index is 11.0. The second kappa shape index (κ2) is 13.4. The molecule has 2 N–H and O–H groups in total. The highest BCUT2D eigenvalue weighted by Crippen LogP contribution is 2.39. The Balaban J connectivity index is 2.06. The van der Waals surface area contributed by atoms with Gasteiger partial charge in [-0.1, -0.05) is 95.8 Å². The van der Waals surface area contributed by atoms with Gasteiger partial charge in [0.25, 0.3) is 0 Å². The van der Waals surface area contributed by atoms with Crippen molar-refractivity contribution in [1.29, 1.82) is 0 Å². The lowest BCUT2D eigenvalue weighted by Crippen LogP contribution is -1.95. The summed E-state index contributed by atoms with van der Waals surface area (Å²) in [6.07, 6.45) is 16.4. The molecule has 144 valence electrons. The summed E-state index contributed by atoms with van der Waals surface area (Å²) >= 11 is 0. The molecule has 0 aliphatic heterocycles. The molecule has 0 aliphatic rings. The summed E-state index contributed by atoms with van der Waals surface area (Å²) in [7, 11) is -4.48. The number of para-hydroxylation sites is 1. The fourth-order valence-corrected chi connectivity index (χ4v) is 3.52. The Morgan fingerprint density at radius 3 is 1.80 bits per heavy atom. The van der Waals surface area contributed by atoms with Gasteiger partial charge in [-0.25, -0.2) is 4.57 Å². The molecular weight excluding hydrogens is 335 g/mol. The van der Waals surface area contributed by atoms with E-state index in [9.17, 15) is 4.57 Å². The van der Waals surface area contributed by atoms with Crippen molar-refractivity contribution in [3.63, 3.8) is 0 Å². The zero-order chi connectivity index (χ0) is 18.4. The molecule has 25 heavy (non-hydrogen) atoms. The summed E-state index contributed by atoms with van der Waals surface area (Å²) in [5.41, 5.74) is 0.873. The number of rotatable bonds is 15. The van der Waals surface area contributed by atoms with Crippen molar-refractivity contribution < 1.29 is 18.9 Å². The smallest absolute Gasteiger partial charge is 0.404 e. The van der Waals surface area contributed by atoms with Crippen LogP contribution in [0.5, 0.6) is 5.75 Å². The number of unbranched alkanes of at least 4 members (excludes halogenated alkanes) is 11. The molecule has 0 fully saturated rings. The number of aryl methyl sites for hydroxylation is 1. The first kappa shape index (κ1) is 22.2. The molecule has 0 saturated heterocycles. The molecule has 0 spiro atoms. The largest absolute Gasteiger partial charge is 0.524 e. The van der Waals surface area contributed by atoms with Crippen molar-refractivity contribution in [1.82, 2.24) is 0 Å². The minimum Gasteiger partial charge on any atom is -0.404 e. The van der Waals surface area contributed by atoms with Crippen molar-refractivity contribution in [2.24, 2.45) is 0 Å². The van der Waals surface area contributed by atoms with Crippen LogP contribution in [0.25, 0.3) is 0 Å². The van der Waals surface area contributed by atoms with E-state index in [0.717, 1.165) is 24.8 Å². The quantitative estimate of drug-likeness (QED) is 0.277. The summed E-state index contributed by atoms with van der Waals surface area (Å²) < 4.78 is 15.8. The lowest BCUT2D eigenvalue weighted by molar-refractivity contribution is 0.282. The van der Waals surface area contributed by atoms with Gasteiger partial charge in [-0.2, -0.15) is 0 Å². The highest BCUT2D eigenvalue weighted by atomic mass is 31.2. The molecular formula is C20H35O4P. The second-order valence-electron chi connectivity index (χ2n) is 6.83. The summed E-state index contributed by atoms with van der Waals surface area (Å²) in [4.78, 5) is 17.9. The number of phosphoric ester groups is 1.